The van der Waals surface area contributed by atoms with E-state index in [9.17, 15) is 0 Å². The Hall–Kier alpha value is -0.340. The molecule has 0 radical (unpaired) electrons. The van der Waals surface area contributed by atoms with E-state index in [-0.39, 0.29) is 11.4 Å². The van der Waals surface area contributed by atoms with Crippen LogP contribution in [0.3, 0.4) is 0 Å². The van der Waals surface area contributed by atoms with Gasteiger partial charge >= 0.3 is 0 Å². The third kappa shape index (κ3) is 1.36. The minimum atomic E-state index is -0.389. The van der Waals surface area contributed by atoms with Gasteiger partial charge in [-0.3, -0.25) is 0 Å². The Bertz CT molecular complexity index is 375. The van der Waals surface area contributed by atoms with Gasteiger partial charge in [-0.2, -0.15) is 0 Å². The highest BCUT2D eigenvalue weighted by Crippen LogP contribution is 2.64. The summed E-state index contributed by atoms with van der Waals surface area (Å²) in [4.78, 5) is 0. The highest BCUT2D eigenvalue weighted by Gasteiger charge is 2.67. The SMILES string of the molecule is C=C1CC2(OC)OC3(CC2C(C)C)C(C)CCC13. The first kappa shape index (κ1) is 12.7. The van der Waals surface area contributed by atoms with Crippen molar-refractivity contribution in [1.82, 2.24) is 0 Å². The van der Waals surface area contributed by atoms with Crippen LogP contribution < -0.4 is 0 Å². The lowest BCUT2D eigenvalue weighted by molar-refractivity contribution is -0.282. The molecule has 0 amide bonds. The van der Waals surface area contributed by atoms with Gasteiger partial charge < -0.3 is 9.47 Å². The van der Waals surface area contributed by atoms with E-state index in [0.29, 0.717) is 23.7 Å². The van der Waals surface area contributed by atoms with Gasteiger partial charge in [-0.05, 0) is 31.1 Å². The molecule has 0 aromatic carbocycles. The number of hydrogen-bond donors (Lipinski definition) is 0. The van der Waals surface area contributed by atoms with Crippen molar-refractivity contribution in [2.24, 2.45) is 23.7 Å². The van der Waals surface area contributed by atoms with E-state index in [2.05, 4.69) is 27.4 Å². The van der Waals surface area contributed by atoms with Gasteiger partial charge in [0.15, 0.2) is 5.79 Å². The molecule has 3 fully saturated rings. The van der Waals surface area contributed by atoms with E-state index in [1.54, 1.807) is 0 Å². The van der Waals surface area contributed by atoms with Gasteiger partial charge in [-0.1, -0.05) is 32.9 Å². The predicted octanol–water partition coefficient (Wildman–Crippen LogP) is 3.77. The summed E-state index contributed by atoms with van der Waals surface area (Å²) >= 11 is 0. The molecule has 1 aliphatic carbocycles. The van der Waals surface area contributed by atoms with Crippen molar-refractivity contribution in [3.05, 3.63) is 12.2 Å². The number of fused-ring (bicyclic) bond motifs is 1. The molecule has 3 aliphatic rings. The summed E-state index contributed by atoms with van der Waals surface area (Å²) in [6.45, 7) is 11.3. The summed E-state index contributed by atoms with van der Waals surface area (Å²) in [6, 6.07) is 0. The normalized spacial score (nSPS) is 50.9. The maximum Gasteiger partial charge on any atom is 0.175 e. The molecular weight excluding hydrogens is 224 g/mol. The Morgan fingerprint density at radius 2 is 2.11 bits per heavy atom. The fourth-order valence-corrected chi connectivity index (χ4v) is 4.87. The predicted molar refractivity (Wildman–Crippen MR) is 72.1 cm³/mol. The first-order valence-corrected chi connectivity index (χ1v) is 7.38. The fraction of sp³-hybridized carbons (Fsp3) is 0.875. The summed E-state index contributed by atoms with van der Waals surface area (Å²) in [7, 11) is 1.81. The zero-order valence-corrected chi connectivity index (χ0v) is 12.2. The second-order valence-corrected chi connectivity index (χ2v) is 6.99. The van der Waals surface area contributed by atoms with Gasteiger partial charge in [0.2, 0.25) is 0 Å². The van der Waals surface area contributed by atoms with Crippen LogP contribution in [0.4, 0.5) is 0 Å². The van der Waals surface area contributed by atoms with Crippen molar-refractivity contribution in [3.63, 3.8) is 0 Å². The highest BCUT2D eigenvalue weighted by atomic mass is 16.7. The van der Waals surface area contributed by atoms with E-state index >= 15 is 0 Å². The smallest absolute Gasteiger partial charge is 0.175 e. The first-order chi connectivity index (χ1) is 8.45. The zero-order chi connectivity index (χ0) is 13.1. The first-order valence-electron chi connectivity index (χ1n) is 7.38. The second-order valence-electron chi connectivity index (χ2n) is 6.99. The fourth-order valence-electron chi connectivity index (χ4n) is 4.87. The van der Waals surface area contributed by atoms with Gasteiger partial charge in [-0.15, -0.1) is 0 Å². The zero-order valence-electron chi connectivity index (χ0n) is 12.2. The van der Waals surface area contributed by atoms with E-state index in [1.807, 2.05) is 7.11 Å². The third-order valence-electron chi connectivity index (χ3n) is 5.90. The molecule has 2 nitrogen and oxygen atoms in total. The highest BCUT2D eigenvalue weighted by molar-refractivity contribution is 5.24. The summed E-state index contributed by atoms with van der Waals surface area (Å²) in [6.07, 6.45) is 4.58. The van der Waals surface area contributed by atoms with Gasteiger partial charge in [0, 0.05) is 25.4 Å². The Labute approximate surface area is 111 Å². The topological polar surface area (TPSA) is 18.5 Å². The minimum absolute atomic E-state index is 0.0281. The number of methoxy groups -OCH3 is 1. The molecule has 5 unspecified atom stereocenters. The van der Waals surface area contributed by atoms with Crippen LogP contribution in [0.15, 0.2) is 12.2 Å². The maximum absolute atomic E-state index is 6.62. The van der Waals surface area contributed by atoms with Crippen LogP contribution in [0.25, 0.3) is 0 Å². The lowest BCUT2D eigenvalue weighted by Gasteiger charge is -2.45. The van der Waals surface area contributed by atoms with E-state index < -0.39 is 0 Å². The van der Waals surface area contributed by atoms with Crippen molar-refractivity contribution in [3.8, 4) is 0 Å². The quantitative estimate of drug-likeness (QED) is 0.695. The molecule has 2 heterocycles. The molecule has 2 aliphatic heterocycles. The monoisotopic (exact) mass is 250 g/mol. The molecule has 102 valence electrons. The Balaban J connectivity index is 2.05. The van der Waals surface area contributed by atoms with Crippen LogP contribution in [-0.4, -0.2) is 18.5 Å². The summed E-state index contributed by atoms with van der Waals surface area (Å²) in [5.41, 5.74) is 1.40. The molecule has 0 N–H and O–H groups in total. The molecule has 2 saturated heterocycles. The molecule has 2 heteroatoms. The summed E-state index contributed by atoms with van der Waals surface area (Å²) < 4.78 is 12.5. The van der Waals surface area contributed by atoms with Crippen LogP contribution >= 0.6 is 0 Å². The Kier molecular flexibility index (Phi) is 2.70. The molecule has 0 aromatic heterocycles. The van der Waals surface area contributed by atoms with Crippen molar-refractivity contribution >= 4 is 0 Å². The Morgan fingerprint density at radius 1 is 1.39 bits per heavy atom. The molecule has 0 aromatic rings. The molecule has 18 heavy (non-hydrogen) atoms. The van der Waals surface area contributed by atoms with E-state index in [4.69, 9.17) is 9.47 Å². The van der Waals surface area contributed by atoms with Crippen LogP contribution in [0.2, 0.25) is 0 Å². The molecule has 1 spiro atoms. The Morgan fingerprint density at radius 3 is 2.72 bits per heavy atom. The molecule has 2 bridgehead atoms. The van der Waals surface area contributed by atoms with Crippen LogP contribution in [0, 0.1) is 23.7 Å². The summed E-state index contributed by atoms with van der Waals surface area (Å²) in [5, 5.41) is 0. The van der Waals surface area contributed by atoms with Gasteiger partial charge in [0.1, 0.15) is 0 Å². The average molecular weight is 250 g/mol. The van der Waals surface area contributed by atoms with Crippen molar-refractivity contribution in [2.75, 3.05) is 7.11 Å². The molecular formula is C16H26O2. The van der Waals surface area contributed by atoms with Crippen molar-refractivity contribution in [1.29, 1.82) is 0 Å². The van der Waals surface area contributed by atoms with E-state index in [0.717, 1.165) is 12.8 Å². The molecule has 5 atom stereocenters. The lowest BCUT2D eigenvalue weighted by Crippen LogP contribution is -2.49. The van der Waals surface area contributed by atoms with Gasteiger partial charge in [0.25, 0.3) is 0 Å². The standard InChI is InChI=1S/C16H26O2/c1-10(2)14-9-15-12(4)6-7-13(15)11(3)8-16(14,17-5)18-15/h10,12-14H,3,6-9H2,1-2,4-5H3. The van der Waals surface area contributed by atoms with Crippen LogP contribution in [0.1, 0.15) is 46.5 Å². The number of rotatable bonds is 2. The van der Waals surface area contributed by atoms with E-state index in [1.165, 1.54) is 18.4 Å². The van der Waals surface area contributed by atoms with Crippen molar-refractivity contribution in [2.45, 2.75) is 57.8 Å². The maximum atomic E-state index is 6.62. The molecule has 1 saturated carbocycles. The lowest BCUT2D eigenvalue weighted by atomic mass is 9.77. The van der Waals surface area contributed by atoms with Gasteiger partial charge in [-0.25, -0.2) is 0 Å². The molecule has 3 rings (SSSR count). The van der Waals surface area contributed by atoms with Gasteiger partial charge in [0.05, 0.1) is 5.60 Å². The number of ether oxygens (including phenoxy) is 2. The minimum Gasteiger partial charge on any atom is -0.353 e. The van der Waals surface area contributed by atoms with Crippen LogP contribution in [-0.2, 0) is 9.47 Å². The third-order valence-corrected chi connectivity index (χ3v) is 5.90. The largest absolute Gasteiger partial charge is 0.353 e. The number of hydrogen-bond acceptors (Lipinski definition) is 2. The average Bonchev–Trinajstić information content (AvgIpc) is 2.79. The van der Waals surface area contributed by atoms with Crippen LogP contribution in [0.5, 0.6) is 0 Å². The summed E-state index contributed by atoms with van der Waals surface area (Å²) in [5.74, 6) is 1.92. The second kappa shape index (κ2) is 3.83. The van der Waals surface area contributed by atoms with Crippen molar-refractivity contribution < 1.29 is 9.47 Å².